The van der Waals surface area contributed by atoms with E-state index >= 15 is 0 Å². The zero-order valence-electron chi connectivity index (χ0n) is 16.4. The molecule has 8 unspecified atom stereocenters. The number of aliphatic hydroxyl groups is 3. The number of likely N-dealkylation sites (tertiary alicyclic amines) is 1. The van der Waals surface area contributed by atoms with Gasteiger partial charge in [-0.15, -0.1) is 23.4 Å². The van der Waals surface area contributed by atoms with Gasteiger partial charge in [0.25, 0.3) is 0 Å². The van der Waals surface area contributed by atoms with Crippen molar-refractivity contribution in [1.82, 2.24) is 10.2 Å². The predicted molar refractivity (Wildman–Crippen MR) is 107 cm³/mol. The second-order valence-corrected chi connectivity index (χ2v) is 9.36. The molecule has 9 atom stereocenters. The van der Waals surface area contributed by atoms with Crippen LogP contribution >= 0.6 is 23.4 Å². The van der Waals surface area contributed by atoms with Crippen LogP contribution in [0.3, 0.4) is 0 Å². The van der Waals surface area contributed by atoms with Crippen LogP contribution in [0.4, 0.5) is 0 Å². The molecule has 2 aliphatic heterocycles. The lowest BCUT2D eigenvalue weighted by molar-refractivity contribution is -0.205. The predicted octanol–water partition coefficient (Wildman–Crippen LogP) is 0.390. The number of nitrogens with one attached hydrogen (secondary N) is 1. The number of hydrogen-bond acceptors (Lipinski definition) is 7. The van der Waals surface area contributed by atoms with E-state index in [1.54, 1.807) is 13.2 Å². The Morgan fingerprint density at radius 3 is 2.56 bits per heavy atom. The number of aliphatic hydroxyl groups excluding tert-OH is 3. The van der Waals surface area contributed by atoms with Gasteiger partial charge in [-0.05, 0) is 39.0 Å². The number of likely N-dealkylation sites (N-methyl/N-ethyl adjacent to an activating group) is 1. The highest BCUT2D eigenvalue weighted by Crippen LogP contribution is 2.31. The van der Waals surface area contributed by atoms with Crippen LogP contribution in [0.1, 0.15) is 33.1 Å². The summed E-state index contributed by atoms with van der Waals surface area (Å²) in [6.07, 6.45) is -0.0980. The van der Waals surface area contributed by atoms with Gasteiger partial charge in [0.2, 0.25) is 5.91 Å². The highest BCUT2D eigenvalue weighted by atomic mass is 35.5. The molecule has 0 aliphatic carbocycles. The fourth-order valence-electron chi connectivity index (χ4n) is 4.11. The van der Waals surface area contributed by atoms with Crippen LogP contribution in [0.15, 0.2) is 0 Å². The molecule has 2 aliphatic rings. The molecule has 0 saturated carbocycles. The van der Waals surface area contributed by atoms with Gasteiger partial charge in [-0.1, -0.05) is 13.3 Å². The maximum absolute atomic E-state index is 12.9. The van der Waals surface area contributed by atoms with E-state index in [1.165, 1.54) is 11.8 Å². The van der Waals surface area contributed by atoms with E-state index in [2.05, 4.69) is 12.2 Å². The summed E-state index contributed by atoms with van der Waals surface area (Å²) < 4.78 is 5.79. The first-order chi connectivity index (χ1) is 12.7. The smallest absolute Gasteiger partial charge is 0.237 e. The Hall–Kier alpha value is -0.0900. The first-order valence-electron chi connectivity index (χ1n) is 9.58. The van der Waals surface area contributed by atoms with Gasteiger partial charge in [0.1, 0.15) is 29.9 Å². The number of rotatable bonds is 7. The molecule has 0 aromatic carbocycles. The number of carbonyl (C=O) groups excluding carboxylic acids is 1. The van der Waals surface area contributed by atoms with Gasteiger partial charge in [-0.2, -0.15) is 0 Å². The lowest BCUT2D eigenvalue weighted by atomic mass is 9.92. The van der Waals surface area contributed by atoms with Gasteiger partial charge in [0.15, 0.2) is 0 Å². The summed E-state index contributed by atoms with van der Waals surface area (Å²) in [6, 6.07) is -0.934. The largest absolute Gasteiger partial charge is 0.388 e. The molecule has 0 bridgehead atoms. The van der Waals surface area contributed by atoms with Crippen molar-refractivity contribution < 1.29 is 24.9 Å². The summed E-state index contributed by atoms with van der Waals surface area (Å²) in [6.45, 7) is 4.74. The summed E-state index contributed by atoms with van der Waals surface area (Å²) in [4.78, 5) is 14.9. The molecule has 158 valence electrons. The molecule has 2 saturated heterocycles. The summed E-state index contributed by atoms with van der Waals surface area (Å²) in [7, 11) is 1.94. The standard InChI is InChI=1S/C18H33ClN2O5S/c1-5-6-10-7-11(21(3)8-10)17(25)20-12(9(2)19)16-14(23)13(22)15(24)18(26-16)27-4/h9-16,18,22-24H,5-8H2,1-4H3,(H,20,25)/t9?,10-,11?,12?,13?,14?,15?,16?,18?/m1/s1. The molecule has 7 nitrogen and oxygen atoms in total. The number of thioether (sulfide) groups is 1. The third kappa shape index (κ3) is 5.29. The molecule has 2 rings (SSSR count). The average Bonchev–Trinajstić information content (AvgIpc) is 2.99. The maximum Gasteiger partial charge on any atom is 0.237 e. The Balaban J connectivity index is 2.09. The van der Waals surface area contributed by atoms with Crippen molar-refractivity contribution in [2.75, 3.05) is 19.8 Å². The van der Waals surface area contributed by atoms with Crippen LogP contribution in [-0.4, -0.2) is 93.3 Å². The Kier molecular flexibility index (Phi) is 8.67. The second kappa shape index (κ2) is 10.1. The monoisotopic (exact) mass is 424 g/mol. The van der Waals surface area contributed by atoms with Crippen molar-refractivity contribution >= 4 is 29.3 Å². The fourth-order valence-corrected chi connectivity index (χ4v) is 5.00. The highest BCUT2D eigenvalue weighted by Gasteiger charge is 2.48. The van der Waals surface area contributed by atoms with Crippen molar-refractivity contribution in [3.8, 4) is 0 Å². The van der Waals surface area contributed by atoms with E-state index in [9.17, 15) is 20.1 Å². The van der Waals surface area contributed by atoms with Crippen molar-refractivity contribution in [3.63, 3.8) is 0 Å². The first-order valence-corrected chi connectivity index (χ1v) is 11.3. The topological polar surface area (TPSA) is 102 Å². The van der Waals surface area contributed by atoms with Gasteiger partial charge < -0.3 is 25.4 Å². The summed E-state index contributed by atoms with van der Waals surface area (Å²) in [5.74, 6) is 0.350. The van der Waals surface area contributed by atoms with Crippen LogP contribution in [0, 0.1) is 5.92 Å². The van der Waals surface area contributed by atoms with Crippen molar-refractivity contribution in [1.29, 1.82) is 0 Å². The van der Waals surface area contributed by atoms with E-state index in [0.717, 1.165) is 25.8 Å². The molecule has 0 aromatic rings. The van der Waals surface area contributed by atoms with Crippen molar-refractivity contribution in [2.24, 2.45) is 5.92 Å². The van der Waals surface area contributed by atoms with Crippen LogP contribution < -0.4 is 5.32 Å². The third-order valence-electron chi connectivity index (χ3n) is 5.63. The molecular formula is C18H33ClN2O5S. The van der Waals surface area contributed by atoms with E-state index in [1.807, 2.05) is 11.9 Å². The van der Waals surface area contributed by atoms with Gasteiger partial charge >= 0.3 is 0 Å². The molecular weight excluding hydrogens is 392 g/mol. The van der Waals surface area contributed by atoms with Gasteiger partial charge in [0, 0.05) is 6.54 Å². The summed E-state index contributed by atoms with van der Waals surface area (Å²) in [5.41, 5.74) is -0.702. The minimum Gasteiger partial charge on any atom is -0.388 e. The van der Waals surface area contributed by atoms with E-state index in [4.69, 9.17) is 16.3 Å². The number of nitrogens with zero attached hydrogens (tertiary/aromatic N) is 1. The minimum absolute atomic E-state index is 0.147. The average molecular weight is 425 g/mol. The molecule has 0 aromatic heterocycles. The van der Waals surface area contributed by atoms with Crippen molar-refractivity contribution in [3.05, 3.63) is 0 Å². The number of amides is 1. The Morgan fingerprint density at radius 2 is 2.00 bits per heavy atom. The van der Waals surface area contributed by atoms with Crippen LogP contribution in [-0.2, 0) is 9.53 Å². The summed E-state index contributed by atoms with van der Waals surface area (Å²) in [5, 5.41) is 33.0. The summed E-state index contributed by atoms with van der Waals surface area (Å²) >= 11 is 7.55. The number of halogens is 1. The van der Waals surface area contributed by atoms with E-state index in [0.29, 0.717) is 5.92 Å². The van der Waals surface area contributed by atoms with Crippen LogP contribution in [0.2, 0.25) is 0 Å². The second-order valence-electron chi connectivity index (χ2n) is 7.73. The lowest BCUT2D eigenvalue weighted by Gasteiger charge is -2.44. The number of hydrogen-bond donors (Lipinski definition) is 4. The van der Waals surface area contributed by atoms with E-state index < -0.39 is 41.3 Å². The Morgan fingerprint density at radius 1 is 1.33 bits per heavy atom. The van der Waals surface area contributed by atoms with Gasteiger partial charge in [0.05, 0.1) is 17.5 Å². The molecule has 4 N–H and O–H groups in total. The molecule has 9 heteroatoms. The fraction of sp³-hybridized carbons (Fsp3) is 0.944. The zero-order valence-corrected chi connectivity index (χ0v) is 18.0. The molecule has 0 radical (unpaired) electrons. The first kappa shape index (κ1) is 23.2. The van der Waals surface area contributed by atoms with E-state index in [-0.39, 0.29) is 11.9 Å². The normalized spacial score (nSPS) is 39.9. The lowest BCUT2D eigenvalue weighted by Crippen LogP contribution is -2.65. The Labute approximate surface area is 170 Å². The minimum atomic E-state index is -1.36. The molecule has 0 spiro atoms. The van der Waals surface area contributed by atoms with Crippen LogP contribution in [0.25, 0.3) is 0 Å². The highest BCUT2D eigenvalue weighted by molar-refractivity contribution is 7.99. The SMILES string of the molecule is CCC[C@@H]1CC(C(=O)NC(C(C)Cl)C2OC(SC)C(O)C(O)C2O)N(C)C1. The molecule has 2 heterocycles. The van der Waals surface area contributed by atoms with Crippen LogP contribution in [0.5, 0.6) is 0 Å². The molecule has 27 heavy (non-hydrogen) atoms. The quantitative estimate of drug-likeness (QED) is 0.438. The zero-order chi connectivity index (χ0) is 20.3. The van der Waals surface area contributed by atoms with Gasteiger partial charge in [-0.25, -0.2) is 0 Å². The number of ether oxygens (including phenoxy) is 1. The third-order valence-corrected chi connectivity index (χ3v) is 6.76. The number of carbonyl (C=O) groups is 1. The molecule has 1 amide bonds. The Bertz CT molecular complexity index is 498. The maximum atomic E-state index is 12.9. The van der Waals surface area contributed by atoms with Gasteiger partial charge in [-0.3, -0.25) is 9.69 Å². The molecule has 2 fully saturated rings. The number of alkyl halides is 1. The van der Waals surface area contributed by atoms with Crippen molar-refractivity contribution in [2.45, 2.75) is 80.4 Å².